The zero-order valence-corrected chi connectivity index (χ0v) is 13.5. The van der Waals surface area contributed by atoms with E-state index in [4.69, 9.17) is 16.3 Å². The first kappa shape index (κ1) is 16.5. The summed E-state index contributed by atoms with van der Waals surface area (Å²) in [5.41, 5.74) is 0.949. The van der Waals surface area contributed by atoms with Gasteiger partial charge < -0.3 is 4.74 Å². The lowest BCUT2D eigenvalue weighted by atomic mass is 10.2. The summed E-state index contributed by atoms with van der Waals surface area (Å²) in [5.74, 6) is 0.687. The number of nitrogens with zero attached hydrogens (tertiary/aromatic N) is 4. The average molecular weight is 355 g/mol. The van der Waals surface area contributed by atoms with Gasteiger partial charge in [0.15, 0.2) is 5.82 Å². The molecule has 124 valence electrons. The van der Waals surface area contributed by atoms with E-state index in [9.17, 15) is 10.1 Å². The number of nitro benzene ring substituents is 1. The molecule has 8 heteroatoms. The quantitative estimate of drug-likeness (QED) is 0.498. The van der Waals surface area contributed by atoms with Gasteiger partial charge in [-0.05, 0) is 35.4 Å². The first-order valence-corrected chi connectivity index (χ1v) is 7.55. The van der Waals surface area contributed by atoms with E-state index < -0.39 is 4.92 Å². The normalized spacial score (nSPS) is 10.8. The molecule has 0 saturated carbocycles. The summed E-state index contributed by atoms with van der Waals surface area (Å²) in [7, 11) is 0. The number of nitro groups is 1. The van der Waals surface area contributed by atoms with Crippen LogP contribution < -0.4 is 4.74 Å². The molecule has 0 radical (unpaired) electrons. The van der Waals surface area contributed by atoms with Gasteiger partial charge >= 0.3 is 6.01 Å². The standard InChI is InChI=1S/C17H11ClN4O3/c18-16-19-15(11-6-12-4-2-1-3-5-12)20-17(21-16)25-14-9-7-13(8-10-14)22(23)24/h1-11H. The number of benzene rings is 2. The van der Waals surface area contributed by atoms with Crippen LogP contribution in [0.4, 0.5) is 5.69 Å². The third-order valence-corrected chi connectivity index (χ3v) is 3.26. The Bertz CT molecular complexity index is 915. The number of halogens is 1. The van der Waals surface area contributed by atoms with Gasteiger partial charge in [0.05, 0.1) is 4.92 Å². The molecule has 1 aromatic heterocycles. The molecule has 0 aliphatic carbocycles. The second kappa shape index (κ2) is 7.50. The van der Waals surface area contributed by atoms with Gasteiger partial charge in [0.25, 0.3) is 5.69 Å². The van der Waals surface area contributed by atoms with Gasteiger partial charge in [0.1, 0.15) is 5.75 Å². The highest BCUT2D eigenvalue weighted by atomic mass is 35.5. The highest BCUT2D eigenvalue weighted by Gasteiger charge is 2.08. The third-order valence-electron chi connectivity index (χ3n) is 3.09. The molecule has 0 atom stereocenters. The predicted octanol–water partition coefficient (Wildman–Crippen LogP) is 4.40. The molecule has 2 aromatic carbocycles. The monoisotopic (exact) mass is 354 g/mol. The Morgan fingerprint density at radius 1 is 0.960 bits per heavy atom. The summed E-state index contributed by atoms with van der Waals surface area (Å²) in [6, 6.07) is 15.2. The van der Waals surface area contributed by atoms with Gasteiger partial charge in [0, 0.05) is 12.1 Å². The van der Waals surface area contributed by atoms with Crippen LogP contribution in [0.25, 0.3) is 12.2 Å². The van der Waals surface area contributed by atoms with Crippen molar-refractivity contribution >= 4 is 29.4 Å². The number of rotatable bonds is 5. The Labute approximate surface area is 147 Å². The van der Waals surface area contributed by atoms with E-state index in [2.05, 4.69) is 15.0 Å². The maximum Gasteiger partial charge on any atom is 0.326 e. The van der Waals surface area contributed by atoms with Crippen molar-refractivity contribution in [1.29, 1.82) is 0 Å². The fourth-order valence-corrected chi connectivity index (χ4v) is 2.10. The van der Waals surface area contributed by atoms with Gasteiger partial charge in [-0.3, -0.25) is 10.1 Å². The number of ether oxygens (including phenoxy) is 1. The van der Waals surface area contributed by atoms with Crippen molar-refractivity contribution < 1.29 is 9.66 Å². The molecule has 0 aliphatic heterocycles. The van der Waals surface area contributed by atoms with Crippen LogP contribution in [-0.4, -0.2) is 19.9 Å². The lowest BCUT2D eigenvalue weighted by Gasteiger charge is -2.04. The van der Waals surface area contributed by atoms with Crippen LogP contribution in [0.1, 0.15) is 11.4 Å². The molecule has 0 amide bonds. The first-order valence-electron chi connectivity index (χ1n) is 7.17. The summed E-state index contributed by atoms with van der Waals surface area (Å²) in [4.78, 5) is 22.2. The Kier molecular flexibility index (Phi) is 4.96. The summed E-state index contributed by atoms with van der Waals surface area (Å²) < 4.78 is 5.48. The van der Waals surface area contributed by atoms with Crippen molar-refractivity contribution in [2.45, 2.75) is 0 Å². The minimum absolute atomic E-state index is 0.00145. The topological polar surface area (TPSA) is 91.0 Å². The van der Waals surface area contributed by atoms with Gasteiger partial charge in [-0.25, -0.2) is 0 Å². The van der Waals surface area contributed by atoms with Gasteiger partial charge in [0.2, 0.25) is 5.28 Å². The van der Waals surface area contributed by atoms with Crippen molar-refractivity contribution in [1.82, 2.24) is 15.0 Å². The number of non-ortho nitro benzene ring substituents is 1. The molecule has 0 aliphatic rings. The zero-order valence-electron chi connectivity index (χ0n) is 12.7. The molecule has 3 rings (SSSR count). The zero-order chi connectivity index (χ0) is 17.6. The van der Waals surface area contributed by atoms with Gasteiger partial charge in [-0.1, -0.05) is 36.4 Å². The summed E-state index contributed by atoms with van der Waals surface area (Å²) >= 11 is 5.90. The van der Waals surface area contributed by atoms with Crippen molar-refractivity contribution in [3.8, 4) is 11.8 Å². The van der Waals surface area contributed by atoms with Crippen LogP contribution in [0.15, 0.2) is 54.6 Å². The van der Waals surface area contributed by atoms with Crippen molar-refractivity contribution in [2.24, 2.45) is 0 Å². The third kappa shape index (κ3) is 4.58. The molecule has 7 nitrogen and oxygen atoms in total. The van der Waals surface area contributed by atoms with Gasteiger partial charge in [-0.15, -0.1) is 0 Å². The SMILES string of the molecule is O=[N+]([O-])c1ccc(Oc2nc(Cl)nc(C=Cc3ccccc3)n2)cc1. The molecule has 0 saturated heterocycles. The van der Waals surface area contributed by atoms with Crippen molar-refractivity contribution in [2.75, 3.05) is 0 Å². The molecule has 3 aromatic rings. The number of hydrogen-bond acceptors (Lipinski definition) is 6. The fourth-order valence-electron chi connectivity index (χ4n) is 1.94. The van der Waals surface area contributed by atoms with E-state index in [1.807, 2.05) is 36.4 Å². The van der Waals surface area contributed by atoms with Crippen LogP contribution in [0, 0.1) is 10.1 Å². The minimum atomic E-state index is -0.490. The maximum absolute atomic E-state index is 10.7. The Balaban J connectivity index is 1.79. The molecule has 0 bridgehead atoms. The lowest BCUT2D eigenvalue weighted by Crippen LogP contribution is -1.97. The summed E-state index contributed by atoms with van der Waals surface area (Å²) in [6.07, 6.45) is 3.52. The Morgan fingerprint density at radius 2 is 1.68 bits per heavy atom. The molecule has 0 unspecified atom stereocenters. The van der Waals surface area contributed by atoms with Crippen molar-refractivity contribution in [3.63, 3.8) is 0 Å². The molecule has 0 spiro atoms. The molecular formula is C17H11ClN4O3. The van der Waals surface area contributed by atoms with E-state index in [0.717, 1.165) is 5.56 Å². The Hall–Kier alpha value is -3.32. The molecule has 0 N–H and O–H groups in total. The lowest BCUT2D eigenvalue weighted by molar-refractivity contribution is -0.384. The smallest absolute Gasteiger partial charge is 0.326 e. The second-order valence-corrected chi connectivity index (χ2v) is 5.18. The molecule has 25 heavy (non-hydrogen) atoms. The predicted molar refractivity (Wildman–Crippen MR) is 93.4 cm³/mol. The molecule has 0 fully saturated rings. The largest absolute Gasteiger partial charge is 0.424 e. The van der Waals surface area contributed by atoms with Crippen molar-refractivity contribution in [3.05, 3.63) is 81.4 Å². The summed E-state index contributed by atoms with van der Waals surface area (Å²) in [6.45, 7) is 0. The van der Waals surface area contributed by atoms with E-state index in [0.29, 0.717) is 11.6 Å². The van der Waals surface area contributed by atoms with Crippen LogP contribution in [0.3, 0.4) is 0 Å². The minimum Gasteiger partial charge on any atom is -0.424 e. The fraction of sp³-hybridized carbons (Fsp3) is 0. The average Bonchev–Trinajstić information content (AvgIpc) is 2.61. The van der Waals surface area contributed by atoms with E-state index in [1.165, 1.54) is 24.3 Å². The van der Waals surface area contributed by atoms with Crippen LogP contribution in [0.2, 0.25) is 5.28 Å². The second-order valence-electron chi connectivity index (χ2n) is 4.84. The number of hydrogen-bond donors (Lipinski definition) is 0. The van der Waals surface area contributed by atoms with E-state index in [-0.39, 0.29) is 17.0 Å². The van der Waals surface area contributed by atoms with Crippen LogP contribution in [-0.2, 0) is 0 Å². The molecule has 1 heterocycles. The maximum atomic E-state index is 10.7. The van der Waals surface area contributed by atoms with E-state index >= 15 is 0 Å². The highest BCUT2D eigenvalue weighted by molar-refractivity contribution is 6.28. The van der Waals surface area contributed by atoms with Gasteiger partial charge in [-0.2, -0.15) is 15.0 Å². The van der Waals surface area contributed by atoms with E-state index in [1.54, 1.807) is 6.08 Å². The molecular weight excluding hydrogens is 344 g/mol. The highest BCUT2D eigenvalue weighted by Crippen LogP contribution is 2.22. The Morgan fingerprint density at radius 3 is 2.36 bits per heavy atom. The van der Waals surface area contributed by atoms with Crippen LogP contribution in [0.5, 0.6) is 11.8 Å². The first-order chi connectivity index (χ1) is 12.1. The van der Waals surface area contributed by atoms with Crippen LogP contribution >= 0.6 is 11.6 Å². The number of aromatic nitrogens is 3. The summed E-state index contributed by atoms with van der Waals surface area (Å²) in [5, 5.41) is 10.6.